The van der Waals surface area contributed by atoms with E-state index in [1.165, 1.54) is 18.4 Å². The van der Waals surface area contributed by atoms with Crippen molar-refractivity contribution in [1.29, 1.82) is 0 Å². The van der Waals surface area contributed by atoms with E-state index in [4.69, 9.17) is 0 Å². The highest BCUT2D eigenvalue weighted by atomic mass is 15.2. The minimum atomic E-state index is 0.496. The first-order valence-electron chi connectivity index (χ1n) is 6.89. The smallest absolute Gasteiger partial charge is 0.0547 e. The predicted molar refractivity (Wildman–Crippen MR) is 75.6 cm³/mol. The monoisotopic (exact) mass is 253 g/mol. The summed E-state index contributed by atoms with van der Waals surface area (Å²) < 4.78 is 0. The van der Waals surface area contributed by atoms with E-state index in [1.54, 1.807) is 0 Å². The Labute approximate surface area is 114 Å². The fraction of sp³-hybridized carbons (Fsp3) is 0.375. The van der Waals surface area contributed by atoms with Crippen LogP contribution in [0.2, 0.25) is 0 Å². The fourth-order valence-electron chi connectivity index (χ4n) is 2.86. The average Bonchev–Trinajstić information content (AvgIpc) is 2.88. The number of hydrogen-bond donors (Lipinski definition) is 0. The van der Waals surface area contributed by atoms with Crippen LogP contribution in [0, 0.1) is 6.92 Å². The van der Waals surface area contributed by atoms with Crippen LogP contribution in [0.4, 0.5) is 0 Å². The second-order valence-electron chi connectivity index (χ2n) is 5.19. The largest absolute Gasteiger partial charge is 0.290 e. The van der Waals surface area contributed by atoms with Crippen molar-refractivity contribution in [1.82, 2.24) is 14.9 Å². The molecule has 3 heterocycles. The summed E-state index contributed by atoms with van der Waals surface area (Å²) in [6.45, 7) is 4.13. The second-order valence-corrected chi connectivity index (χ2v) is 5.19. The highest BCUT2D eigenvalue weighted by Gasteiger charge is 2.26. The van der Waals surface area contributed by atoms with Gasteiger partial charge in [0.1, 0.15) is 0 Å². The molecule has 1 saturated heterocycles. The van der Waals surface area contributed by atoms with Gasteiger partial charge in [-0.05, 0) is 50.1 Å². The molecule has 1 fully saturated rings. The maximum Gasteiger partial charge on any atom is 0.0547 e. The Morgan fingerprint density at radius 3 is 3.00 bits per heavy atom. The molecule has 1 aliphatic rings. The molecule has 2 aromatic heterocycles. The minimum Gasteiger partial charge on any atom is -0.290 e. The lowest BCUT2D eigenvalue weighted by Crippen LogP contribution is -2.23. The summed E-state index contributed by atoms with van der Waals surface area (Å²) in [5.41, 5.74) is 3.58. The molecule has 19 heavy (non-hydrogen) atoms. The molecule has 3 rings (SSSR count). The number of rotatable bonds is 3. The molecule has 0 amide bonds. The molecule has 1 atom stereocenters. The zero-order valence-electron chi connectivity index (χ0n) is 11.3. The highest BCUT2D eigenvalue weighted by molar-refractivity contribution is 5.16. The van der Waals surface area contributed by atoms with Gasteiger partial charge in [0.05, 0.1) is 5.69 Å². The van der Waals surface area contributed by atoms with Crippen molar-refractivity contribution in [3.63, 3.8) is 0 Å². The van der Waals surface area contributed by atoms with Crippen LogP contribution in [0.15, 0.2) is 42.7 Å². The van der Waals surface area contributed by atoms with E-state index in [0.717, 1.165) is 24.5 Å². The highest BCUT2D eigenvalue weighted by Crippen LogP contribution is 2.32. The number of nitrogens with zero attached hydrogens (tertiary/aromatic N) is 3. The molecule has 0 saturated carbocycles. The molecule has 0 aromatic carbocycles. The van der Waals surface area contributed by atoms with E-state index >= 15 is 0 Å². The van der Waals surface area contributed by atoms with Crippen LogP contribution in [0.25, 0.3) is 0 Å². The van der Waals surface area contributed by atoms with Gasteiger partial charge >= 0.3 is 0 Å². The summed E-state index contributed by atoms with van der Waals surface area (Å²) in [5.74, 6) is 0. The Morgan fingerprint density at radius 1 is 1.26 bits per heavy atom. The number of aryl methyl sites for hydroxylation is 1. The lowest BCUT2D eigenvalue weighted by molar-refractivity contribution is 0.245. The van der Waals surface area contributed by atoms with Crippen molar-refractivity contribution >= 4 is 0 Å². The summed E-state index contributed by atoms with van der Waals surface area (Å²) in [7, 11) is 0. The summed E-state index contributed by atoms with van der Waals surface area (Å²) in [4.78, 5) is 11.4. The summed E-state index contributed by atoms with van der Waals surface area (Å²) >= 11 is 0. The fourth-order valence-corrected chi connectivity index (χ4v) is 2.86. The van der Waals surface area contributed by atoms with Crippen molar-refractivity contribution in [3.05, 3.63) is 59.7 Å². The van der Waals surface area contributed by atoms with Gasteiger partial charge in [0.15, 0.2) is 0 Å². The third kappa shape index (κ3) is 2.82. The molecule has 1 unspecified atom stereocenters. The van der Waals surface area contributed by atoms with Crippen LogP contribution in [0.5, 0.6) is 0 Å². The van der Waals surface area contributed by atoms with Crippen LogP contribution in [-0.4, -0.2) is 21.4 Å². The van der Waals surface area contributed by atoms with Crippen LogP contribution >= 0.6 is 0 Å². The minimum absolute atomic E-state index is 0.496. The van der Waals surface area contributed by atoms with Gasteiger partial charge in [0.25, 0.3) is 0 Å². The molecule has 0 aliphatic carbocycles. The molecule has 0 N–H and O–H groups in total. The first-order valence-corrected chi connectivity index (χ1v) is 6.89. The van der Waals surface area contributed by atoms with Crippen molar-refractivity contribution in [2.45, 2.75) is 32.4 Å². The standard InChI is InChI=1S/C16H19N3/c1-13-5-2-7-15(18-13)12-19-10-4-8-16(19)14-6-3-9-17-11-14/h2-3,5-7,9,11,16H,4,8,10,12H2,1H3. The van der Waals surface area contributed by atoms with Gasteiger partial charge in [-0.25, -0.2) is 0 Å². The summed E-state index contributed by atoms with van der Waals surface area (Å²) in [6, 6.07) is 11.0. The first-order chi connectivity index (χ1) is 9.33. The lowest BCUT2D eigenvalue weighted by atomic mass is 10.1. The van der Waals surface area contributed by atoms with E-state index in [2.05, 4.69) is 33.1 Å². The first kappa shape index (κ1) is 12.3. The van der Waals surface area contributed by atoms with Crippen molar-refractivity contribution < 1.29 is 0 Å². The maximum absolute atomic E-state index is 4.61. The Hall–Kier alpha value is -1.74. The average molecular weight is 253 g/mol. The van der Waals surface area contributed by atoms with Gasteiger partial charge in [-0.1, -0.05) is 12.1 Å². The Kier molecular flexibility index (Phi) is 3.56. The van der Waals surface area contributed by atoms with E-state index in [9.17, 15) is 0 Å². The second kappa shape index (κ2) is 5.49. The Balaban J connectivity index is 1.77. The van der Waals surface area contributed by atoms with E-state index < -0.39 is 0 Å². The van der Waals surface area contributed by atoms with Gasteiger partial charge in [-0.15, -0.1) is 0 Å². The number of aromatic nitrogens is 2. The lowest BCUT2D eigenvalue weighted by Gasteiger charge is -2.24. The predicted octanol–water partition coefficient (Wildman–Crippen LogP) is 3.12. The SMILES string of the molecule is Cc1cccc(CN2CCCC2c2cccnc2)n1. The normalized spacial score (nSPS) is 19.7. The van der Waals surface area contributed by atoms with Crippen molar-refractivity contribution in [3.8, 4) is 0 Å². The maximum atomic E-state index is 4.61. The molecule has 2 aromatic rings. The molecule has 3 heteroatoms. The molecule has 3 nitrogen and oxygen atoms in total. The summed E-state index contributed by atoms with van der Waals surface area (Å²) in [5, 5.41) is 0. The number of pyridine rings is 2. The van der Waals surface area contributed by atoms with Gasteiger partial charge in [0, 0.05) is 30.7 Å². The number of likely N-dealkylation sites (tertiary alicyclic amines) is 1. The van der Waals surface area contributed by atoms with Gasteiger partial charge in [-0.3, -0.25) is 14.9 Å². The third-order valence-corrected chi connectivity index (χ3v) is 3.74. The van der Waals surface area contributed by atoms with Crippen molar-refractivity contribution in [2.24, 2.45) is 0 Å². The van der Waals surface area contributed by atoms with Gasteiger partial charge in [0.2, 0.25) is 0 Å². The molecule has 0 spiro atoms. The Bertz CT molecular complexity index is 539. The molecule has 0 bridgehead atoms. The van der Waals surface area contributed by atoms with Crippen molar-refractivity contribution in [2.75, 3.05) is 6.54 Å². The zero-order chi connectivity index (χ0) is 13.1. The van der Waals surface area contributed by atoms with Gasteiger partial charge in [-0.2, -0.15) is 0 Å². The van der Waals surface area contributed by atoms with Gasteiger partial charge < -0.3 is 0 Å². The summed E-state index contributed by atoms with van der Waals surface area (Å²) in [6.07, 6.45) is 6.31. The van der Waals surface area contributed by atoms with Crippen LogP contribution in [-0.2, 0) is 6.54 Å². The van der Waals surface area contributed by atoms with Crippen LogP contribution in [0.1, 0.15) is 35.8 Å². The quantitative estimate of drug-likeness (QED) is 0.841. The van der Waals surface area contributed by atoms with E-state index in [0.29, 0.717) is 6.04 Å². The molecule has 1 aliphatic heterocycles. The van der Waals surface area contributed by atoms with E-state index in [1.807, 2.05) is 31.5 Å². The van der Waals surface area contributed by atoms with Crippen LogP contribution in [0.3, 0.4) is 0 Å². The topological polar surface area (TPSA) is 29.0 Å². The van der Waals surface area contributed by atoms with E-state index in [-0.39, 0.29) is 0 Å². The third-order valence-electron chi connectivity index (χ3n) is 3.74. The number of hydrogen-bond acceptors (Lipinski definition) is 3. The zero-order valence-corrected chi connectivity index (χ0v) is 11.3. The molecule has 98 valence electrons. The molecule has 0 radical (unpaired) electrons. The molecular formula is C16H19N3. The van der Waals surface area contributed by atoms with Crippen LogP contribution < -0.4 is 0 Å². The molecular weight excluding hydrogens is 234 g/mol. The Morgan fingerprint density at radius 2 is 2.21 bits per heavy atom.